The Kier molecular flexibility index (Phi) is 7.38. The van der Waals surface area contributed by atoms with Gasteiger partial charge in [-0.2, -0.15) is 5.10 Å². The van der Waals surface area contributed by atoms with Crippen LogP contribution in [0.3, 0.4) is 0 Å². The first kappa shape index (κ1) is 20.9. The number of carbonyl (C=O) groups is 1. The largest absolute Gasteiger partial charge is 0.493 e. The molecular weight excluding hydrogens is 380 g/mol. The predicted molar refractivity (Wildman–Crippen MR) is 115 cm³/mol. The molecule has 1 aromatic heterocycles. The van der Waals surface area contributed by atoms with Gasteiger partial charge in [0.1, 0.15) is 19.3 Å². The maximum absolute atomic E-state index is 12.2. The van der Waals surface area contributed by atoms with Gasteiger partial charge in [0, 0.05) is 12.6 Å². The Balaban J connectivity index is 1.55. The lowest BCUT2D eigenvalue weighted by Crippen LogP contribution is -2.20. The molecule has 154 valence electrons. The molecule has 7 heteroatoms. The van der Waals surface area contributed by atoms with Crippen molar-refractivity contribution >= 4 is 12.0 Å². The topological polar surface area (TPSA) is 78.3 Å². The molecule has 2 aromatic carbocycles. The standard InChI is InChI=1S/C23H24N4O3/c1-3-11-30-21-9-7-18(13-22(21)29-2)8-10-23(28)25-14-19-5-4-6-20(12-19)15-27-17-24-16-26-27/h3-10,12-13,16-17H,1,11,14-15H2,2H3,(H,25,28). The van der Waals surface area contributed by atoms with E-state index in [1.165, 1.54) is 12.4 Å². The smallest absolute Gasteiger partial charge is 0.244 e. The highest BCUT2D eigenvalue weighted by Crippen LogP contribution is 2.28. The van der Waals surface area contributed by atoms with E-state index in [0.717, 1.165) is 16.7 Å². The van der Waals surface area contributed by atoms with Gasteiger partial charge in [-0.1, -0.05) is 43.0 Å². The molecule has 0 bridgehead atoms. The van der Waals surface area contributed by atoms with E-state index in [4.69, 9.17) is 9.47 Å². The molecule has 0 saturated heterocycles. The molecule has 0 spiro atoms. The third kappa shape index (κ3) is 6.07. The third-order valence-electron chi connectivity index (χ3n) is 4.24. The van der Waals surface area contributed by atoms with Crippen LogP contribution in [-0.2, 0) is 17.9 Å². The van der Waals surface area contributed by atoms with E-state index < -0.39 is 0 Å². The molecule has 0 aliphatic carbocycles. The highest BCUT2D eigenvalue weighted by molar-refractivity contribution is 5.91. The van der Waals surface area contributed by atoms with Gasteiger partial charge in [-0.25, -0.2) is 9.67 Å². The molecule has 3 rings (SSSR count). The molecule has 0 radical (unpaired) electrons. The Morgan fingerprint density at radius 2 is 2.07 bits per heavy atom. The third-order valence-corrected chi connectivity index (χ3v) is 4.24. The number of aromatic nitrogens is 3. The fourth-order valence-electron chi connectivity index (χ4n) is 2.82. The second-order valence-corrected chi connectivity index (χ2v) is 6.47. The molecule has 1 amide bonds. The Morgan fingerprint density at radius 1 is 1.20 bits per heavy atom. The van der Waals surface area contributed by atoms with Gasteiger partial charge < -0.3 is 14.8 Å². The zero-order valence-electron chi connectivity index (χ0n) is 16.8. The molecule has 0 unspecified atom stereocenters. The average molecular weight is 404 g/mol. The van der Waals surface area contributed by atoms with E-state index in [0.29, 0.717) is 31.2 Å². The van der Waals surface area contributed by atoms with Gasteiger partial charge in [-0.05, 0) is 34.9 Å². The molecule has 0 fully saturated rings. The van der Waals surface area contributed by atoms with Crippen molar-refractivity contribution in [2.45, 2.75) is 13.1 Å². The van der Waals surface area contributed by atoms with Crippen LogP contribution in [0.1, 0.15) is 16.7 Å². The van der Waals surface area contributed by atoms with Gasteiger partial charge in [0.2, 0.25) is 5.91 Å². The molecule has 30 heavy (non-hydrogen) atoms. The Bertz CT molecular complexity index is 1010. The van der Waals surface area contributed by atoms with Crippen LogP contribution in [0.15, 0.2) is 73.9 Å². The predicted octanol–water partition coefficient (Wildman–Crippen LogP) is 3.23. The summed E-state index contributed by atoms with van der Waals surface area (Å²) in [6.45, 7) is 5.10. The van der Waals surface area contributed by atoms with Gasteiger partial charge in [-0.3, -0.25) is 4.79 Å². The summed E-state index contributed by atoms with van der Waals surface area (Å²) >= 11 is 0. The molecule has 0 aliphatic heterocycles. The van der Waals surface area contributed by atoms with Crippen LogP contribution >= 0.6 is 0 Å². The average Bonchev–Trinajstić information content (AvgIpc) is 3.28. The van der Waals surface area contributed by atoms with Crippen LogP contribution < -0.4 is 14.8 Å². The van der Waals surface area contributed by atoms with Crippen molar-refractivity contribution in [1.29, 1.82) is 0 Å². The fraction of sp³-hybridized carbons (Fsp3) is 0.174. The first-order chi connectivity index (χ1) is 14.7. The van der Waals surface area contributed by atoms with Gasteiger partial charge in [-0.15, -0.1) is 0 Å². The maximum atomic E-state index is 12.2. The van der Waals surface area contributed by atoms with Crippen molar-refractivity contribution in [1.82, 2.24) is 20.1 Å². The van der Waals surface area contributed by atoms with Crippen LogP contribution in [0.4, 0.5) is 0 Å². The SMILES string of the molecule is C=CCOc1ccc(C=CC(=O)NCc2cccc(Cn3cncn3)c2)cc1OC. The van der Waals surface area contributed by atoms with E-state index in [-0.39, 0.29) is 5.91 Å². The molecule has 3 aromatic rings. The lowest BCUT2D eigenvalue weighted by atomic mass is 10.1. The van der Waals surface area contributed by atoms with E-state index in [2.05, 4.69) is 22.0 Å². The number of amides is 1. The minimum atomic E-state index is -0.178. The maximum Gasteiger partial charge on any atom is 0.244 e. The first-order valence-electron chi connectivity index (χ1n) is 9.46. The zero-order valence-corrected chi connectivity index (χ0v) is 16.8. The molecule has 0 aliphatic rings. The molecule has 7 nitrogen and oxygen atoms in total. The molecule has 0 atom stereocenters. The minimum absolute atomic E-state index is 0.178. The number of hydrogen-bond acceptors (Lipinski definition) is 5. The minimum Gasteiger partial charge on any atom is -0.493 e. The number of rotatable bonds is 10. The Labute approximate surface area is 175 Å². The number of carbonyl (C=O) groups excluding carboxylic acids is 1. The van der Waals surface area contributed by atoms with Crippen molar-refractivity contribution in [3.63, 3.8) is 0 Å². The van der Waals surface area contributed by atoms with Gasteiger partial charge >= 0.3 is 0 Å². The Hall–Kier alpha value is -3.87. The van der Waals surface area contributed by atoms with Gasteiger partial charge in [0.05, 0.1) is 13.7 Å². The summed E-state index contributed by atoms with van der Waals surface area (Å²) in [7, 11) is 1.58. The molecular formula is C23H24N4O3. The second-order valence-electron chi connectivity index (χ2n) is 6.47. The number of nitrogens with one attached hydrogen (secondary N) is 1. The van der Waals surface area contributed by atoms with Gasteiger partial charge in [0.25, 0.3) is 0 Å². The van der Waals surface area contributed by atoms with Crippen LogP contribution in [0.2, 0.25) is 0 Å². The number of ether oxygens (including phenoxy) is 2. The lowest BCUT2D eigenvalue weighted by Gasteiger charge is -2.09. The van der Waals surface area contributed by atoms with Crippen LogP contribution in [0.25, 0.3) is 6.08 Å². The van der Waals surface area contributed by atoms with E-state index >= 15 is 0 Å². The van der Waals surface area contributed by atoms with Crippen molar-refractivity contribution in [2.75, 3.05) is 13.7 Å². The van der Waals surface area contributed by atoms with E-state index in [1.807, 2.05) is 36.4 Å². The summed E-state index contributed by atoms with van der Waals surface area (Å²) in [5.41, 5.74) is 2.94. The molecule has 1 heterocycles. The molecule has 1 N–H and O–H groups in total. The first-order valence-corrected chi connectivity index (χ1v) is 9.46. The van der Waals surface area contributed by atoms with Crippen molar-refractivity contribution in [2.24, 2.45) is 0 Å². The summed E-state index contributed by atoms with van der Waals surface area (Å²) in [5, 5.41) is 7.00. The summed E-state index contributed by atoms with van der Waals surface area (Å²) in [4.78, 5) is 16.1. The summed E-state index contributed by atoms with van der Waals surface area (Å²) in [5.74, 6) is 1.05. The monoisotopic (exact) mass is 404 g/mol. The summed E-state index contributed by atoms with van der Waals surface area (Å²) < 4.78 is 12.6. The number of benzene rings is 2. The summed E-state index contributed by atoms with van der Waals surface area (Å²) in [6, 6.07) is 13.5. The zero-order chi connectivity index (χ0) is 21.2. The van der Waals surface area contributed by atoms with Crippen molar-refractivity contribution < 1.29 is 14.3 Å². The number of nitrogens with zero attached hydrogens (tertiary/aromatic N) is 3. The molecule has 0 saturated carbocycles. The quantitative estimate of drug-likeness (QED) is 0.415. The van der Waals surface area contributed by atoms with E-state index in [1.54, 1.807) is 36.3 Å². The Morgan fingerprint density at radius 3 is 2.83 bits per heavy atom. The van der Waals surface area contributed by atoms with Crippen molar-refractivity contribution in [3.05, 3.63) is 90.5 Å². The summed E-state index contributed by atoms with van der Waals surface area (Å²) in [6.07, 6.45) is 8.08. The lowest BCUT2D eigenvalue weighted by molar-refractivity contribution is -0.116. The normalized spacial score (nSPS) is 10.7. The van der Waals surface area contributed by atoms with E-state index in [9.17, 15) is 4.79 Å². The van der Waals surface area contributed by atoms with Gasteiger partial charge in [0.15, 0.2) is 11.5 Å². The highest BCUT2D eigenvalue weighted by Gasteiger charge is 2.05. The fourth-order valence-corrected chi connectivity index (χ4v) is 2.82. The van der Waals surface area contributed by atoms with Crippen LogP contribution in [0, 0.1) is 0 Å². The number of hydrogen-bond donors (Lipinski definition) is 1. The second kappa shape index (κ2) is 10.6. The van der Waals surface area contributed by atoms with Crippen molar-refractivity contribution in [3.8, 4) is 11.5 Å². The van der Waals surface area contributed by atoms with Crippen LogP contribution in [0.5, 0.6) is 11.5 Å². The highest BCUT2D eigenvalue weighted by atomic mass is 16.5. The van der Waals surface area contributed by atoms with Crippen LogP contribution in [-0.4, -0.2) is 34.4 Å². The number of methoxy groups -OCH3 is 1.